The molecule has 2 aliphatic rings. The van der Waals surface area contributed by atoms with E-state index in [0.717, 1.165) is 12.4 Å². The van der Waals surface area contributed by atoms with Crippen LogP contribution in [0.2, 0.25) is 0 Å². The van der Waals surface area contributed by atoms with Crippen molar-refractivity contribution >= 4 is 11.9 Å². The molecule has 3 rings (SSSR count). The van der Waals surface area contributed by atoms with Gasteiger partial charge in [0, 0.05) is 18.7 Å². The quantitative estimate of drug-likeness (QED) is 0.781. The molecule has 0 aliphatic carbocycles. The van der Waals surface area contributed by atoms with Gasteiger partial charge in [0.2, 0.25) is 0 Å². The lowest BCUT2D eigenvalue weighted by molar-refractivity contribution is -0.126. The lowest BCUT2D eigenvalue weighted by Crippen LogP contribution is -2.58. The molecule has 112 valence electrons. The number of urea groups is 1. The minimum absolute atomic E-state index is 0.0328. The number of nitrogens with one attached hydrogen (secondary N) is 2. The molecule has 0 aromatic carbocycles. The summed E-state index contributed by atoms with van der Waals surface area (Å²) < 4.78 is 27.3. The summed E-state index contributed by atoms with van der Waals surface area (Å²) in [5, 5.41) is 4.83. The summed E-state index contributed by atoms with van der Waals surface area (Å²) in [6.07, 6.45) is 3.09. The second kappa shape index (κ2) is 5.03. The molecule has 0 saturated carbocycles. The fourth-order valence-corrected chi connectivity index (χ4v) is 2.91. The van der Waals surface area contributed by atoms with Gasteiger partial charge in [-0.25, -0.2) is 13.6 Å². The molecule has 0 radical (unpaired) electrons. The van der Waals surface area contributed by atoms with Crippen molar-refractivity contribution in [3.63, 3.8) is 0 Å². The summed E-state index contributed by atoms with van der Waals surface area (Å²) >= 11 is 0. The highest BCUT2D eigenvalue weighted by Crippen LogP contribution is 2.26. The Morgan fingerprint density at radius 2 is 2.00 bits per heavy atom. The molecule has 0 bridgehead atoms. The van der Waals surface area contributed by atoms with Crippen molar-refractivity contribution in [2.24, 2.45) is 0 Å². The van der Waals surface area contributed by atoms with Gasteiger partial charge in [0.25, 0.3) is 5.91 Å². The Labute approximate surface area is 119 Å². The smallest absolute Gasteiger partial charge is 0.322 e. The highest BCUT2D eigenvalue weighted by molar-refractivity contribution is 6.07. The van der Waals surface area contributed by atoms with Gasteiger partial charge in [0.05, 0.1) is 12.4 Å². The van der Waals surface area contributed by atoms with Crippen molar-refractivity contribution in [3.8, 4) is 0 Å². The third-order valence-electron chi connectivity index (χ3n) is 3.92. The van der Waals surface area contributed by atoms with Crippen LogP contribution in [0.5, 0.6) is 0 Å². The zero-order chi connectivity index (χ0) is 15.0. The van der Waals surface area contributed by atoms with Crippen molar-refractivity contribution in [1.29, 1.82) is 0 Å². The standard InChI is InChI=1S/C13H14F2N4O2/c14-9-4-16-5-10(15)8(9)6-19-3-1-2-13(7-19)11(20)17-12(21)18-13/h4-5H,1-3,6-7H2,(H2,17,18,20,21). The topological polar surface area (TPSA) is 74.3 Å². The number of likely N-dealkylation sites (tertiary alicyclic amines) is 1. The predicted molar refractivity (Wildman–Crippen MR) is 68.1 cm³/mol. The Balaban J connectivity index is 1.78. The normalized spacial score (nSPS) is 26.0. The molecule has 6 nitrogen and oxygen atoms in total. The Morgan fingerprint density at radius 3 is 2.62 bits per heavy atom. The number of rotatable bonds is 2. The van der Waals surface area contributed by atoms with Crippen molar-refractivity contribution < 1.29 is 18.4 Å². The Bertz CT molecular complexity index is 590. The van der Waals surface area contributed by atoms with Crippen LogP contribution >= 0.6 is 0 Å². The fourth-order valence-electron chi connectivity index (χ4n) is 2.91. The molecule has 3 amide bonds. The number of piperidine rings is 1. The molecule has 2 N–H and O–H groups in total. The number of hydrogen-bond acceptors (Lipinski definition) is 4. The van der Waals surface area contributed by atoms with Gasteiger partial charge in [-0.2, -0.15) is 0 Å². The monoisotopic (exact) mass is 296 g/mol. The van der Waals surface area contributed by atoms with Crippen LogP contribution < -0.4 is 10.6 Å². The predicted octanol–water partition coefficient (Wildman–Crippen LogP) is 0.534. The van der Waals surface area contributed by atoms with Gasteiger partial charge in [0.15, 0.2) is 0 Å². The largest absolute Gasteiger partial charge is 0.322 e. The van der Waals surface area contributed by atoms with Gasteiger partial charge in [-0.15, -0.1) is 0 Å². The second-order valence-electron chi connectivity index (χ2n) is 5.39. The summed E-state index contributed by atoms with van der Waals surface area (Å²) in [6.45, 7) is 0.864. The third kappa shape index (κ3) is 2.46. The minimum atomic E-state index is -0.991. The molecule has 1 spiro atoms. The van der Waals surface area contributed by atoms with Crippen molar-refractivity contribution in [3.05, 3.63) is 29.6 Å². The molecule has 2 saturated heterocycles. The lowest BCUT2D eigenvalue weighted by Gasteiger charge is -2.38. The third-order valence-corrected chi connectivity index (χ3v) is 3.92. The van der Waals surface area contributed by atoms with E-state index in [1.807, 2.05) is 0 Å². The molecular weight excluding hydrogens is 282 g/mol. The number of carbonyl (C=O) groups excluding carboxylic acids is 2. The van der Waals surface area contributed by atoms with Gasteiger partial charge in [-0.05, 0) is 19.4 Å². The van der Waals surface area contributed by atoms with E-state index in [-0.39, 0.29) is 24.6 Å². The molecule has 2 aliphatic heterocycles. The number of pyridine rings is 1. The summed E-state index contributed by atoms with van der Waals surface area (Å²) in [7, 11) is 0. The van der Waals surface area contributed by atoms with Gasteiger partial charge in [-0.3, -0.25) is 20.0 Å². The SMILES string of the molecule is O=C1NC(=O)C2(CCCN(Cc3c(F)cncc3F)C2)N1. The molecule has 2 fully saturated rings. The first-order valence-electron chi connectivity index (χ1n) is 6.64. The molecule has 8 heteroatoms. The summed E-state index contributed by atoms with van der Waals surface area (Å²) in [4.78, 5) is 28.4. The van der Waals surface area contributed by atoms with Gasteiger partial charge >= 0.3 is 6.03 Å². The maximum Gasteiger partial charge on any atom is 0.322 e. The summed E-state index contributed by atoms with van der Waals surface area (Å²) in [5.41, 5.74) is -1.07. The van der Waals surface area contributed by atoms with Crippen LogP contribution in [0, 0.1) is 11.6 Å². The Kier molecular flexibility index (Phi) is 3.32. The van der Waals surface area contributed by atoms with E-state index in [9.17, 15) is 18.4 Å². The fraction of sp³-hybridized carbons (Fsp3) is 0.462. The average molecular weight is 296 g/mol. The first kappa shape index (κ1) is 13.9. The number of halogens is 2. The number of aromatic nitrogens is 1. The van der Waals surface area contributed by atoms with Crippen molar-refractivity contribution in [2.75, 3.05) is 13.1 Å². The molecule has 1 atom stereocenters. The van der Waals surface area contributed by atoms with Crippen LogP contribution in [0.1, 0.15) is 18.4 Å². The first-order valence-corrected chi connectivity index (χ1v) is 6.64. The van der Waals surface area contributed by atoms with Crippen molar-refractivity contribution in [1.82, 2.24) is 20.5 Å². The van der Waals surface area contributed by atoms with E-state index in [4.69, 9.17) is 0 Å². The molecule has 21 heavy (non-hydrogen) atoms. The molecule has 1 aromatic heterocycles. The minimum Gasteiger partial charge on any atom is -0.322 e. The maximum absolute atomic E-state index is 13.6. The molecular formula is C13H14F2N4O2. The van der Waals surface area contributed by atoms with E-state index in [1.54, 1.807) is 4.90 Å². The van der Waals surface area contributed by atoms with E-state index in [1.165, 1.54) is 0 Å². The average Bonchev–Trinajstić information content (AvgIpc) is 2.68. The van der Waals surface area contributed by atoms with Crippen LogP contribution in [0.3, 0.4) is 0 Å². The van der Waals surface area contributed by atoms with E-state index in [0.29, 0.717) is 19.4 Å². The van der Waals surface area contributed by atoms with Crippen LogP contribution in [-0.4, -0.2) is 40.5 Å². The number of hydrogen-bond donors (Lipinski definition) is 2. The highest BCUT2D eigenvalue weighted by atomic mass is 19.1. The zero-order valence-corrected chi connectivity index (χ0v) is 11.2. The van der Waals surface area contributed by atoms with Gasteiger partial charge in [-0.1, -0.05) is 0 Å². The van der Waals surface area contributed by atoms with Crippen LogP contribution in [-0.2, 0) is 11.3 Å². The highest BCUT2D eigenvalue weighted by Gasteiger charge is 2.48. The van der Waals surface area contributed by atoms with Gasteiger partial charge < -0.3 is 5.32 Å². The summed E-state index contributed by atoms with van der Waals surface area (Å²) in [6, 6.07) is -0.525. The second-order valence-corrected chi connectivity index (χ2v) is 5.39. The molecule has 1 unspecified atom stereocenters. The maximum atomic E-state index is 13.6. The van der Waals surface area contributed by atoms with Crippen LogP contribution in [0.25, 0.3) is 0 Å². The number of nitrogens with zero attached hydrogens (tertiary/aromatic N) is 2. The van der Waals surface area contributed by atoms with Crippen LogP contribution in [0.4, 0.5) is 13.6 Å². The zero-order valence-electron chi connectivity index (χ0n) is 11.2. The van der Waals surface area contributed by atoms with Crippen molar-refractivity contribution in [2.45, 2.75) is 24.9 Å². The summed E-state index contributed by atoms with van der Waals surface area (Å²) in [5.74, 6) is -1.81. The van der Waals surface area contributed by atoms with E-state index in [2.05, 4.69) is 15.6 Å². The van der Waals surface area contributed by atoms with Gasteiger partial charge in [0.1, 0.15) is 17.2 Å². The Hall–Kier alpha value is -2.09. The number of imide groups is 1. The molecule has 3 heterocycles. The Morgan fingerprint density at radius 1 is 1.29 bits per heavy atom. The van der Waals surface area contributed by atoms with E-state index >= 15 is 0 Å². The number of carbonyl (C=O) groups is 2. The van der Waals surface area contributed by atoms with Crippen LogP contribution in [0.15, 0.2) is 12.4 Å². The first-order chi connectivity index (χ1) is 10.00. The van der Waals surface area contributed by atoms with E-state index < -0.39 is 23.2 Å². The lowest BCUT2D eigenvalue weighted by atomic mass is 9.89. The molecule has 1 aromatic rings. The number of amides is 3.